The number of hydrogen-bond donors (Lipinski definition) is 1. The smallest absolute Gasteiger partial charge is 0.410 e. The first-order chi connectivity index (χ1) is 10.6. The van der Waals surface area contributed by atoms with Crippen LogP contribution in [0.3, 0.4) is 0 Å². The number of carbonyl (C=O) groups excluding carboxylic acids is 1. The molecule has 1 amide bonds. The van der Waals surface area contributed by atoms with Gasteiger partial charge in [-0.15, -0.1) is 0 Å². The maximum absolute atomic E-state index is 12.2. The van der Waals surface area contributed by atoms with E-state index in [2.05, 4.69) is 0 Å². The van der Waals surface area contributed by atoms with Gasteiger partial charge in [0.05, 0.1) is 5.92 Å². The molecule has 1 aromatic carbocycles. The van der Waals surface area contributed by atoms with E-state index in [1.807, 2.05) is 19.1 Å². The van der Waals surface area contributed by atoms with Crippen LogP contribution in [0.5, 0.6) is 0 Å². The monoisotopic (exact) mass is 339 g/mol. The molecular formula is C17H22ClNO4. The highest BCUT2D eigenvalue weighted by atomic mass is 35.5. The fraction of sp³-hybridized carbons (Fsp3) is 0.529. The van der Waals surface area contributed by atoms with Crippen molar-refractivity contribution in [1.82, 2.24) is 4.90 Å². The Kier molecular flexibility index (Phi) is 4.90. The number of nitrogens with zero attached hydrogens (tertiary/aromatic N) is 1. The van der Waals surface area contributed by atoms with Crippen LogP contribution >= 0.6 is 11.6 Å². The Bertz CT molecular complexity index is 624. The average Bonchev–Trinajstić information content (AvgIpc) is 2.85. The highest BCUT2D eigenvalue weighted by Gasteiger charge is 2.41. The summed E-state index contributed by atoms with van der Waals surface area (Å²) in [6.45, 7) is 7.72. The zero-order valence-corrected chi connectivity index (χ0v) is 14.6. The number of carboxylic acids is 1. The molecule has 1 aliphatic heterocycles. The number of aliphatic carboxylic acids is 1. The molecular weight excluding hydrogens is 318 g/mol. The third-order valence-corrected chi connectivity index (χ3v) is 4.32. The Hall–Kier alpha value is -1.75. The summed E-state index contributed by atoms with van der Waals surface area (Å²) in [4.78, 5) is 25.3. The average molecular weight is 340 g/mol. The van der Waals surface area contributed by atoms with Gasteiger partial charge in [0.15, 0.2) is 0 Å². The molecule has 0 spiro atoms. The first-order valence-electron chi connectivity index (χ1n) is 7.55. The summed E-state index contributed by atoms with van der Waals surface area (Å²) >= 11 is 6.04. The molecule has 0 aromatic heterocycles. The molecule has 2 atom stereocenters. The second-order valence-corrected chi connectivity index (χ2v) is 7.35. The second kappa shape index (κ2) is 6.40. The number of hydrogen-bond acceptors (Lipinski definition) is 3. The lowest BCUT2D eigenvalue weighted by Gasteiger charge is -2.24. The number of carbonyl (C=O) groups is 2. The summed E-state index contributed by atoms with van der Waals surface area (Å²) in [6.07, 6.45) is -0.475. The fourth-order valence-corrected chi connectivity index (χ4v) is 2.88. The standard InChI is InChI=1S/C17H22ClNO4/c1-10-7-11(5-6-14(10)18)12-8-19(9-13(12)15(20)21)16(22)23-17(2,3)4/h5-7,12-13H,8-9H2,1-4H3,(H,20,21). The first-order valence-corrected chi connectivity index (χ1v) is 7.93. The van der Waals surface area contributed by atoms with Crippen molar-refractivity contribution >= 4 is 23.7 Å². The lowest BCUT2D eigenvalue weighted by Crippen LogP contribution is -2.35. The number of rotatable bonds is 2. The molecule has 1 fully saturated rings. The third kappa shape index (κ3) is 4.16. The molecule has 1 saturated heterocycles. The van der Waals surface area contributed by atoms with E-state index in [1.165, 1.54) is 4.90 Å². The van der Waals surface area contributed by atoms with Crippen LogP contribution in [0.25, 0.3) is 0 Å². The van der Waals surface area contributed by atoms with Gasteiger partial charge in [-0.25, -0.2) is 4.79 Å². The number of likely N-dealkylation sites (tertiary alicyclic amines) is 1. The quantitative estimate of drug-likeness (QED) is 0.892. The summed E-state index contributed by atoms with van der Waals surface area (Å²) in [5, 5.41) is 10.1. The summed E-state index contributed by atoms with van der Waals surface area (Å²) < 4.78 is 5.35. The van der Waals surface area contributed by atoms with Crippen LogP contribution in [-0.4, -0.2) is 40.8 Å². The van der Waals surface area contributed by atoms with Gasteiger partial charge in [-0.05, 0) is 44.9 Å². The molecule has 6 heteroatoms. The van der Waals surface area contributed by atoms with Gasteiger partial charge in [-0.1, -0.05) is 23.7 Å². The van der Waals surface area contributed by atoms with Crippen molar-refractivity contribution in [3.8, 4) is 0 Å². The molecule has 1 aliphatic rings. The van der Waals surface area contributed by atoms with Gasteiger partial charge in [-0.2, -0.15) is 0 Å². The van der Waals surface area contributed by atoms with Crippen molar-refractivity contribution in [2.24, 2.45) is 5.92 Å². The topological polar surface area (TPSA) is 66.8 Å². The molecule has 5 nitrogen and oxygen atoms in total. The van der Waals surface area contributed by atoms with E-state index in [4.69, 9.17) is 16.3 Å². The minimum Gasteiger partial charge on any atom is -0.481 e. The van der Waals surface area contributed by atoms with Crippen molar-refractivity contribution in [2.45, 2.75) is 39.2 Å². The highest BCUT2D eigenvalue weighted by molar-refractivity contribution is 6.31. The Balaban J connectivity index is 2.23. The number of halogens is 1. The molecule has 23 heavy (non-hydrogen) atoms. The van der Waals surface area contributed by atoms with E-state index in [0.29, 0.717) is 11.6 Å². The molecule has 1 heterocycles. The number of aryl methyl sites for hydroxylation is 1. The Morgan fingerprint density at radius 2 is 1.96 bits per heavy atom. The van der Waals surface area contributed by atoms with Crippen LogP contribution in [-0.2, 0) is 9.53 Å². The van der Waals surface area contributed by atoms with Crippen molar-refractivity contribution in [1.29, 1.82) is 0 Å². The fourth-order valence-electron chi connectivity index (χ4n) is 2.77. The summed E-state index contributed by atoms with van der Waals surface area (Å²) in [5.41, 5.74) is 1.17. The van der Waals surface area contributed by atoms with Crippen LogP contribution in [0.4, 0.5) is 4.79 Å². The van der Waals surface area contributed by atoms with Crippen LogP contribution in [0.15, 0.2) is 18.2 Å². The second-order valence-electron chi connectivity index (χ2n) is 6.95. The highest BCUT2D eigenvalue weighted by Crippen LogP contribution is 2.35. The maximum atomic E-state index is 12.2. The number of benzene rings is 1. The van der Waals surface area contributed by atoms with Crippen molar-refractivity contribution in [2.75, 3.05) is 13.1 Å². The van der Waals surface area contributed by atoms with Crippen molar-refractivity contribution in [3.63, 3.8) is 0 Å². The van der Waals surface area contributed by atoms with E-state index in [1.54, 1.807) is 26.8 Å². The molecule has 2 unspecified atom stereocenters. The van der Waals surface area contributed by atoms with Gasteiger partial charge in [0, 0.05) is 24.0 Å². The normalized spacial score (nSPS) is 21.3. The van der Waals surface area contributed by atoms with Gasteiger partial charge < -0.3 is 14.7 Å². The SMILES string of the molecule is Cc1cc(C2CN(C(=O)OC(C)(C)C)CC2C(=O)O)ccc1Cl. The molecule has 0 saturated carbocycles. The van der Waals surface area contributed by atoms with E-state index >= 15 is 0 Å². The molecule has 126 valence electrons. The summed E-state index contributed by atoms with van der Waals surface area (Å²) in [5.74, 6) is -1.83. The Morgan fingerprint density at radius 1 is 1.30 bits per heavy atom. The third-order valence-electron chi connectivity index (χ3n) is 3.90. The van der Waals surface area contributed by atoms with E-state index in [0.717, 1.165) is 11.1 Å². The van der Waals surface area contributed by atoms with Crippen LogP contribution in [0, 0.1) is 12.8 Å². The summed E-state index contributed by atoms with van der Waals surface area (Å²) in [7, 11) is 0. The molecule has 1 aromatic rings. The van der Waals surface area contributed by atoms with Crippen LogP contribution < -0.4 is 0 Å². The minimum absolute atomic E-state index is 0.149. The predicted octanol–water partition coefficient (Wildman–Crippen LogP) is 3.68. The number of ether oxygens (including phenoxy) is 1. The Morgan fingerprint density at radius 3 is 2.48 bits per heavy atom. The van der Waals surface area contributed by atoms with Gasteiger partial charge >= 0.3 is 12.1 Å². The maximum Gasteiger partial charge on any atom is 0.410 e. The van der Waals surface area contributed by atoms with Crippen LogP contribution in [0.2, 0.25) is 5.02 Å². The largest absolute Gasteiger partial charge is 0.481 e. The van der Waals surface area contributed by atoms with Crippen molar-refractivity contribution in [3.05, 3.63) is 34.3 Å². The lowest BCUT2D eigenvalue weighted by molar-refractivity contribution is -0.141. The zero-order chi connectivity index (χ0) is 17.4. The predicted molar refractivity (Wildman–Crippen MR) is 87.9 cm³/mol. The van der Waals surface area contributed by atoms with Crippen LogP contribution in [0.1, 0.15) is 37.8 Å². The molecule has 0 bridgehead atoms. The van der Waals surface area contributed by atoms with E-state index in [-0.39, 0.29) is 12.5 Å². The number of carboxylic acid groups (broad SMARTS) is 1. The molecule has 1 N–H and O–H groups in total. The number of amides is 1. The van der Waals surface area contributed by atoms with Gasteiger partial charge in [0.2, 0.25) is 0 Å². The molecule has 0 radical (unpaired) electrons. The van der Waals surface area contributed by atoms with E-state index < -0.39 is 23.6 Å². The van der Waals surface area contributed by atoms with Crippen molar-refractivity contribution < 1.29 is 19.4 Å². The van der Waals surface area contributed by atoms with Gasteiger partial charge in [-0.3, -0.25) is 4.79 Å². The Labute approximate surface area is 141 Å². The molecule has 2 rings (SSSR count). The molecule has 0 aliphatic carbocycles. The first kappa shape index (κ1) is 17.6. The lowest BCUT2D eigenvalue weighted by atomic mass is 9.88. The summed E-state index contributed by atoms with van der Waals surface area (Å²) in [6, 6.07) is 5.48. The minimum atomic E-state index is -0.909. The van der Waals surface area contributed by atoms with Gasteiger partial charge in [0.1, 0.15) is 5.60 Å². The zero-order valence-electron chi connectivity index (χ0n) is 13.8. The van der Waals surface area contributed by atoms with E-state index in [9.17, 15) is 14.7 Å². The van der Waals surface area contributed by atoms with Gasteiger partial charge in [0.25, 0.3) is 0 Å².